The van der Waals surface area contributed by atoms with Crippen LogP contribution >= 0.6 is 11.3 Å². The number of amides is 1. The molecule has 0 aliphatic rings. The first-order chi connectivity index (χ1) is 12.4. The van der Waals surface area contributed by atoms with Crippen molar-refractivity contribution in [3.63, 3.8) is 0 Å². The minimum atomic E-state index is -0.274. The van der Waals surface area contributed by atoms with E-state index in [1.807, 2.05) is 32.1 Å². The summed E-state index contributed by atoms with van der Waals surface area (Å²) in [6, 6.07) is 5.44. The second-order valence-corrected chi connectivity index (χ2v) is 7.53. The average Bonchev–Trinajstić information content (AvgIpc) is 2.99. The lowest BCUT2D eigenvalue weighted by Gasteiger charge is -2.12. The third kappa shape index (κ3) is 6.25. The highest BCUT2D eigenvalue weighted by molar-refractivity contribution is 7.15. The van der Waals surface area contributed by atoms with Crippen LogP contribution in [0.15, 0.2) is 30.5 Å². The van der Waals surface area contributed by atoms with E-state index >= 15 is 0 Å². The number of anilines is 1. The molecule has 0 atom stereocenters. The summed E-state index contributed by atoms with van der Waals surface area (Å²) in [4.78, 5) is 21.5. The van der Waals surface area contributed by atoms with Crippen molar-refractivity contribution in [1.29, 1.82) is 0 Å². The molecule has 0 aliphatic heterocycles. The number of hydrogen-bond donors (Lipinski definition) is 2. The largest absolute Gasteiger partial charge is 0.491 e. The predicted molar refractivity (Wildman–Crippen MR) is 104 cm³/mol. The molecular formula is C19H24N2O4S. The van der Waals surface area contributed by atoms with Crippen molar-refractivity contribution in [1.82, 2.24) is 4.98 Å². The standard InChI is InChI=1S/C19H24N2O4S/c1-12(2)5-6-14-7-15(9-16(8-14)25-13(3)4)18(22)21-19-20-10-17(26-19)11-24-23/h5-10,12-13,23H,11H2,1-4H3,(H,20,21,22)/b6-5-. The molecule has 0 aliphatic carbocycles. The van der Waals surface area contributed by atoms with Gasteiger partial charge in [-0.05, 0) is 43.5 Å². The molecule has 26 heavy (non-hydrogen) atoms. The van der Waals surface area contributed by atoms with E-state index in [1.165, 1.54) is 11.3 Å². The van der Waals surface area contributed by atoms with Gasteiger partial charge in [0.2, 0.25) is 0 Å². The molecule has 2 N–H and O–H groups in total. The number of rotatable bonds is 8. The lowest BCUT2D eigenvalue weighted by Crippen LogP contribution is -2.13. The van der Waals surface area contributed by atoms with E-state index in [-0.39, 0.29) is 18.6 Å². The van der Waals surface area contributed by atoms with Gasteiger partial charge in [0.05, 0.1) is 11.0 Å². The van der Waals surface area contributed by atoms with Crippen molar-refractivity contribution in [2.24, 2.45) is 5.92 Å². The number of thiazole rings is 1. The van der Waals surface area contributed by atoms with Crippen LogP contribution < -0.4 is 10.1 Å². The fourth-order valence-electron chi connectivity index (χ4n) is 2.16. The Bertz CT molecular complexity index is 769. The van der Waals surface area contributed by atoms with Crippen LogP contribution in [0.3, 0.4) is 0 Å². The van der Waals surface area contributed by atoms with E-state index in [1.54, 1.807) is 12.3 Å². The summed E-state index contributed by atoms with van der Waals surface area (Å²) < 4.78 is 5.77. The van der Waals surface area contributed by atoms with Gasteiger partial charge in [-0.25, -0.2) is 9.87 Å². The minimum absolute atomic E-state index is 0.00948. The van der Waals surface area contributed by atoms with Crippen molar-refractivity contribution >= 4 is 28.5 Å². The molecular weight excluding hydrogens is 352 g/mol. The molecule has 0 fully saturated rings. The molecule has 140 valence electrons. The number of allylic oxidation sites excluding steroid dienone is 1. The van der Waals surface area contributed by atoms with Gasteiger partial charge in [0.25, 0.3) is 5.91 Å². The van der Waals surface area contributed by atoms with Gasteiger partial charge in [0, 0.05) is 11.8 Å². The van der Waals surface area contributed by atoms with Gasteiger partial charge in [0.15, 0.2) is 5.13 Å². The summed E-state index contributed by atoms with van der Waals surface area (Å²) in [5.74, 6) is 0.776. The molecule has 1 aromatic heterocycles. The number of nitrogens with one attached hydrogen (secondary N) is 1. The van der Waals surface area contributed by atoms with Crippen molar-refractivity contribution < 1.29 is 19.7 Å². The third-order valence-electron chi connectivity index (χ3n) is 3.22. The Kier molecular flexibility index (Phi) is 7.32. The number of benzene rings is 1. The van der Waals surface area contributed by atoms with Crippen LogP contribution in [0.4, 0.5) is 5.13 Å². The van der Waals surface area contributed by atoms with E-state index in [2.05, 4.69) is 35.1 Å². The number of aromatic nitrogens is 1. The fraction of sp³-hybridized carbons (Fsp3) is 0.368. The fourth-order valence-corrected chi connectivity index (χ4v) is 2.87. The first kappa shape index (κ1) is 20.1. The van der Waals surface area contributed by atoms with Crippen LogP contribution in [-0.2, 0) is 11.5 Å². The number of hydrogen-bond acceptors (Lipinski definition) is 6. The maximum atomic E-state index is 12.6. The Balaban J connectivity index is 2.23. The van der Waals surface area contributed by atoms with E-state index in [0.29, 0.717) is 27.2 Å². The Morgan fingerprint density at radius 3 is 2.73 bits per heavy atom. The maximum absolute atomic E-state index is 12.6. The van der Waals surface area contributed by atoms with E-state index in [9.17, 15) is 4.79 Å². The number of carbonyl (C=O) groups is 1. The van der Waals surface area contributed by atoms with Gasteiger partial charge < -0.3 is 4.74 Å². The first-order valence-electron chi connectivity index (χ1n) is 8.39. The zero-order valence-corrected chi connectivity index (χ0v) is 16.2. The van der Waals surface area contributed by atoms with E-state index < -0.39 is 0 Å². The van der Waals surface area contributed by atoms with Gasteiger partial charge >= 0.3 is 0 Å². The summed E-state index contributed by atoms with van der Waals surface area (Å²) in [5.41, 5.74) is 1.39. The van der Waals surface area contributed by atoms with Gasteiger partial charge in [-0.1, -0.05) is 37.3 Å². The van der Waals surface area contributed by atoms with Crippen LogP contribution in [0.25, 0.3) is 6.08 Å². The molecule has 0 spiro atoms. The molecule has 0 bridgehead atoms. The van der Waals surface area contributed by atoms with Crippen molar-refractivity contribution in [2.45, 2.75) is 40.4 Å². The van der Waals surface area contributed by atoms with E-state index in [4.69, 9.17) is 9.99 Å². The van der Waals surface area contributed by atoms with Crippen molar-refractivity contribution in [3.8, 4) is 5.75 Å². The summed E-state index contributed by atoms with van der Waals surface area (Å²) >= 11 is 1.24. The van der Waals surface area contributed by atoms with Crippen LogP contribution in [0.5, 0.6) is 5.75 Å². The zero-order valence-electron chi connectivity index (χ0n) is 15.4. The quantitative estimate of drug-likeness (QED) is 0.509. The smallest absolute Gasteiger partial charge is 0.257 e. The lowest BCUT2D eigenvalue weighted by atomic mass is 10.1. The molecule has 1 amide bonds. The number of nitrogens with zero attached hydrogens (tertiary/aromatic N) is 1. The van der Waals surface area contributed by atoms with Crippen LogP contribution in [0.2, 0.25) is 0 Å². The van der Waals surface area contributed by atoms with Crippen LogP contribution in [0, 0.1) is 5.92 Å². The van der Waals surface area contributed by atoms with Gasteiger partial charge in [0.1, 0.15) is 12.4 Å². The van der Waals surface area contributed by atoms with Crippen LogP contribution in [-0.4, -0.2) is 22.3 Å². The van der Waals surface area contributed by atoms with Crippen molar-refractivity contribution in [2.75, 3.05) is 5.32 Å². The SMILES string of the molecule is CC(C)/C=C\c1cc(OC(C)C)cc(C(=O)Nc2ncc(COO)s2)c1. The monoisotopic (exact) mass is 376 g/mol. The van der Waals surface area contributed by atoms with Gasteiger partial charge in [-0.3, -0.25) is 15.4 Å². The summed E-state index contributed by atoms with van der Waals surface area (Å²) in [6.45, 7) is 8.10. The molecule has 1 aromatic carbocycles. The van der Waals surface area contributed by atoms with Crippen molar-refractivity contribution in [3.05, 3.63) is 46.5 Å². The Morgan fingerprint density at radius 1 is 1.31 bits per heavy atom. The highest BCUT2D eigenvalue weighted by atomic mass is 32.1. The predicted octanol–water partition coefficient (Wildman–Crippen LogP) is 4.84. The molecule has 0 saturated carbocycles. The van der Waals surface area contributed by atoms with Gasteiger partial charge in [-0.2, -0.15) is 0 Å². The molecule has 0 saturated heterocycles. The minimum Gasteiger partial charge on any atom is -0.491 e. The molecule has 2 aromatic rings. The molecule has 2 rings (SSSR count). The average molecular weight is 376 g/mol. The molecule has 7 heteroatoms. The normalized spacial score (nSPS) is 11.5. The van der Waals surface area contributed by atoms with Gasteiger partial charge in [-0.15, -0.1) is 0 Å². The summed E-state index contributed by atoms with van der Waals surface area (Å²) in [5, 5.41) is 11.7. The molecule has 0 radical (unpaired) electrons. The third-order valence-corrected chi connectivity index (χ3v) is 4.10. The Hall–Kier alpha value is -2.22. The number of ether oxygens (including phenoxy) is 1. The Morgan fingerprint density at radius 2 is 2.08 bits per heavy atom. The molecule has 6 nitrogen and oxygen atoms in total. The lowest BCUT2D eigenvalue weighted by molar-refractivity contribution is -0.252. The molecule has 1 heterocycles. The summed E-state index contributed by atoms with van der Waals surface area (Å²) in [6.07, 6.45) is 5.61. The zero-order chi connectivity index (χ0) is 19.1. The second kappa shape index (κ2) is 9.47. The first-order valence-corrected chi connectivity index (χ1v) is 9.21. The second-order valence-electron chi connectivity index (χ2n) is 6.42. The Labute approximate surface area is 157 Å². The highest BCUT2D eigenvalue weighted by Crippen LogP contribution is 2.23. The maximum Gasteiger partial charge on any atom is 0.257 e. The topological polar surface area (TPSA) is 80.7 Å². The number of carbonyl (C=O) groups excluding carboxylic acids is 1. The van der Waals surface area contributed by atoms with E-state index in [0.717, 1.165) is 5.56 Å². The molecule has 0 unspecified atom stereocenters. The highest BCUT2D eigenvalue weighted by Gasteiger charge is 2.12. The van der Waals surface area contributed by atoms with Crippen LogP contribution in [0.1, 0.15) is 48.5 Å². The summed E-state index contributed by atoms with van der Waals surface area (Å²) in [7, 11) is 0.